The molecule has 3 rings (SSSR count). The number of anilines is 1. The third-order valence-electron chi connectivity index (χ3n) is 2.66. The van der Waals surface area contributed by atoms with Crippen molar-refractivity contribution in [3.63, 3.8) is 0 Å². The molecule has 0 unspecified atom stereocenters. The van der Waals surface area contributed by atoms with E-state index in [2.05, 4.69) is 22.6 Å². The molecule has 6 heteroatoms. The first-order valence-corrected chi connectivity index (χ1v) is 8.11. The van der Waals surface area contributed by atoms with Crippen LogP contribution < -0.4 is 5.73 Å². The Hall–Kier alpha value is -1.55. The number of aromatic nitrogens is 1. The number of nitriles is 1. The molecule has 3 aromatic rings. The molecule has 2 aromatic heterocycles. The summed E-state index contributed by atoms with van der Waals surface area (Å²) in [6.07, 6.45) is 0. The van der Waals surface area contributed by atoms with Crippen molar-refractivity contribution in [2.45, 2.75) is 10.8 Å². The molecule has 0 atom stereocenters. The lowest BCUT2D eigenvalue weighted by atomic mass is 10.2. The highest BCUT2D eigenvalue weighted by Crippen LogP contribution is 2.42. The van der Waals surface area contributed by atoms with Gasteiger partial charge in [-0.3, -0.25) is 0 Å². The quantitative estimate of drug-likeness (QED) is 0.740. The summed E-state index contributed by atoms with van der Waals surface area (Å²) in [6, 6.07) is 12.4. The number of fused-ring (bicyclic) bond motifs is 1. The molecule has 0 saturated carbocycles. The van der Waals surface area contributed by atoms with E-state index in [9.17, 15) is 0 Å². The molecule has 94 valence electrons. The van der Waals surface area contributed by atoms with Crippen LogP contribution in [0.15, 0.2) is 35.4 Å². The van der Waals surface area contributed by atoms with Crippen LogP contribution in [0.1, 0.15) is 10.4 Å². The monoisotopic (exact) mass is 303 g/mol. The van der Waals surface area contributed by atoms with Crippen molar-refractivity contribution in [3.05, 3.63) is 40.8 Å². The lowest BCUT2D eigenvalue weighted by Crippen LogP contribution is -1.86. The van der Waals surface area contributed by atoms with Crippen LogP contribution in [0.5, 0.6) is 0 Å². The molecule has 1 aromatic carbocycles. The van der Waals surface area contributed by atoms with Crippen molar-refractivity contribution in [1.29, 1.82) is 5.26 Å². The van der Waals surface area contributed by atoms with Gasteiger partial charge in [0.2, 0.25) is 0 Å². The Balaban J connectivity index is 1.90. The number of benzene rings is 1. The Morgan fingerprint density at radius 1 is 1.32 bits per heavy atom. The molecule has 0 amide bonds. The Morgan fingerprint density at radius 2 is 2.11 bits per heavy atom. The zero-order chi connectivity index (χ0) is 13.2. The molecule has 0 aliphatic carbocycles. The summed E-state index contributed by atoms with van der Waals surface area (Å²) in [5.74, 6) is 0.858. The maximum absolute atomic E-state index is 8.99. The van der Waals surface area contributed by atoms with Crippen LogP contribution in [0.25, 0.3) is 9.40 Å². The molecule has 0 aliphatic rings. The van der Waals surface area contributed by atoms with E-state index in [0.29, 0.717) is 10.6 Å². The molecule has 0 aliphatic heterocycles. The summed E-state index contributed by atoms with van der Waals surface area (Å²) in [4.78, 5) is 0.588. The predicted octanol–water partition coefficient (Wildman–Crippen LogP) is 4.10. The molecule has 19 heavy (non-hydrogen) atoms. The van der Waals surface area contributed by atoms with Gasteiger partial charge in [-0.1, -0.05) is 42.1 Å². The minimum Gasteiger partial charge on any atom is -0.396 e. The molecule has 2 heterocycles. The molecular weight excluding hydrogens is 294 g/mol. The van der Waals surface area contributed by atoms with Crippen LogP contribution in [0.4, 0.5) is 5.69 Å². The van der Waals surface area contributed by atoms with Gasteiger partial charge in [0.05, 0.1) is 11.1 Å². The number of hydrogen-bond acceptors (Lipinski definition) is 6. The third-order valence-corrected chi connectivity index (χ3v) is 5.84. The number of hydrogen-bond donors (Lipinski definition) is 1. The van der Waals surface area contributed by atoms with Crippen LogP contribution in [0.2, 0.25) is 0 Å². The second-order valence-electron chi connectivity index (χ2n) is 3.88. The van der Waals surface area contributed by atoms with Gasteiger partial charge in [0.25, 0.3) is 0 Å². The maximum atomic E-state index is 8.99. The van der Waals surface area contributed by atoms with Crippen molar-refractivity contribution in [2.24, 2.45) is 0 Å². The van der Waals surface area contributed by atoms with E-state index in [1.807, 2.05) is 18.2 Å². The Bertz CT molecular complexity index is 753. The van der Waals surface area contributed by atoms with E-state index in [-0.39, 0.29) is 0 Å². The molecule has 0 bridgehead atoms. The van der Waals surface area contributed by atoms with Gasteiger partial charge >= 0.3 is 0 Å². The van der Waals surface area contributed by atoms with Crippen LogP contribution in [0, 0.1) is 11.3 Å². The van der Waals surface area contributed by atoms with Crippen LogP contribution in [0.3, 0.4) is 0 Å². The first kappa shape index (κ1) is 12.5. The number of nitrogens with two attached hydrogens (primary N) is 1. The van der Waals surface area contributed by atoms with E-state index in [1.54, 1.807) is 11.8 Å². The molecular formula is C13H9N3S3. The highest BCUT2D eigenvalue weighted by molar-refractivity contribution is 7.98. The zero-order valence-electron chi connectivity index (χ0n) is 9.79. The van der Waals surface area contributed by atoms with Gasteiger partial charge in [0, 0.05) is 5.75 Å². The molecule has 2 N–H and O–H groups in total. The lowest BCUT2D eigenvalue weighted by molar-refractivity contribution is 1.31. The largest absolute Gasteiger partial charge is 0.396 e. The smallest absolute Gasteiger partial charge is 0.129 e. The van der Waals surface area contributed by atoms with Crippen LogP contribution in [-0.2, 0) is 5.75 Å². The van der Waals surface area contributed by atoms with Crippen LogP contribution in [-0.4, -0.2) is 4.37 Å². The Labute approximate surface area is 122 Å². The summed E-state index contributed by atoms with van der Waals surface area (Å²) < 4.78 is 5.46. The SMILES string of the molecule is N#Cc1sc2snc(SCc3ccccc3)c2c1N. The van der Waals surface area contributed by atoms with Crippen molar-refractivity contribution < 1.29 is 0 Å². The van der Waals surface area contributed by atoms with Crippen molar-refractivity contribution in [1.82, 2.24) is 4.37 Å². The van der Waals surface area contributed by atoms with Gasteiger partial charge in [-0.15, -0.1) is 11.3 Å². The van der Waals surface area contributed by atoms with E-state index >= 15 is 0 Å². The maximum Gasteiger partial charge on any atom is 0.129 e. The number of nitrogens with zero attached hydrogens (tertiary/aromatic N) is 2. The highest BCUT2D eigenvalue weighted by atomic mass is 32.2. The molecule has 0 spiro atoms. The van der Waals surface area contributed by atoms with E-state index in [4.69, 9.17) is 11.0 Å². The van der Waals surface area contributed by atoms with Gasteiger partial charge in [0.15, 0.2) is 0 Å². The fraction of sp³-hybridized carbons (Fsp3) is 0.0769. The number of thiophene rings is 1. The second kappa shape index (κ2) is 5.21. The minimum atomic E-state index is 0.576. The first-order valence-electron chi connectivity index (χ1n) is 5.54. The van der Waals surface area contributed by atoms with Crippen molar-refractivity contribution >= 4 is 49.7 Å². The van der Waals surface area contributed by atoms with Gasteiger partial charge in [0.1, 0.15) is 20.0 Å². The Kier molecular flexibility index (Phi) is 3.42. The van der Waals surface area contributed by atoms with E-state index < -0.39 is 0 Å². The van der Waals surface area contributed by atoms with Gasteiger partial charge in [-0.25, -0.2) is 0 Å². The average molecular weight is 303 g/mol. The summed E-state index contributed by atoms with van der Waals surface area (Å²) >= 11 is 4.50. The molecule has 0 fully saturated rings. The zero-order valence-corrected chi connectivity index (χ0v) is 12.2. The number of thioether (sulfide) groups is 1. The first-order chi connectivity index (χ1) is 9.29. The number of nitrogen functional groups attached to an aromatic ring is 1. The summed E-state index contributed by atoms with van der Waals surface area (Å²) in [5, 5.41) is 10.9. The Morgan fingerprint density at radius 3 is 2.84 bits per heavy atom. The topological polar surface area (TPSA) is 62.7 Å². The summed E-state index contributed by atoms with van der Waals surface area (Å²) in [7, 11) is 0. The second-order valence-corrected chi connectivity index (χ2v) is 6.90. The van der Waals surface area contributed by atoms with Gasteiger partial charge in [-0.05, 0) is 17.1 Å². The standard InChI is InChI=1S/C13H9N3S3/c14-6-9-11(15)10-12(16-19-13(10)18-9)17-7-8-4-2-1-3-5-8/h1-5H,7,15H2. The van der Waals surface area contributed by atoms with Gasteiger partial charge < -0.3 is 5.73 Å². The fourth-order valence-corrected chi connectivity index (χ4v) is 4.85. The van der Waals surface area contributed by atoms with Crippen molar-refractivity contribution in [3.8, 4) is 6.07 Å². The normalized spacial score (nSPS) is 10.7. The molecule has 3 nitrogen and oxygen atoms in total. The van der Waals surface area contributed by atoms with Crippen LogP contribution >= 0.6 is 34.6 Å². The minimum absolute atomic E-state index is 0.576. The van der Waals surface area contributed by atoms with E-state index in [1.165, 1.54) is 28.4 Å². The average Bonchev–Trinajstić information content (AvgIpc) is 2.98. The lowest BCUT2D eigenvalue weighted by Gasteiger charge is -1.99. The summed E-state index contributed by atoms with van der Waals surface area (Å²) in [5.41, 5.74) is 7.83. The highest BCUT2D eigenvalue weighted by Gasteiger charge is 2.16. The van der Waals surface area contributed by atoms with E-state index in [0.717, 1.165) is 20.2 Å². The van der Waals surface area contributed by atoms with Crippen molar-refractivity contribution in [2.75, 3.05) is 5.73 Å². The third kappa shape index (κ3) is 2.32. The number of rotatable bonds is 3. The fourth-order valence-electron chi connectivity index (χ4n) is 1.73. The molecule has 0 radical (unpaired) electrons. The van der Waals surface area contributed by atoms with Gasteiger partial charge in [-0.2, -0.15) is 9.64 Å². The summed E-state index contributed by atoms with van der Waals surface area (Å²) in [6.45, 7) is 0. The predicted molar refractivity (Wildman–Crippen MR) is 82.6 cm³/mol. The molecule has 0 saturated heterocycles.